The molecule has 150 valence electrons. The van der Waals surface area contributed by atoms with E-state index in [-0.39, 0.29) is 24.3 Å². The highest BCUT2D eigenvalue weighted by Crippen LogP contribution is 2.30. The van der Waals surface area contributed by atoms with E-state index in [2.05, 4.69) is 10.6 Å². The summed E-state index contributed by atoms with van der Waals surface area (Å²) in [7, 11) is 0. The fraction of sp³-hybridized carbons (Fsp3) is 0.364. The lowest BCUT2D eigenvalue weighted by atomic mass is 10.1. The summed E-state index contributed by atoms with van der Waals surface area (Å²) in [4.78, 5) is 23.5. The number of benzene rings is 2. The molecule has 0 radical (unpaired) electrons. The normalized spacial score (nSPS) is 11.4. The first-order valence-electron chi connectivity index (χ1n) is 9.48. The van der Waals surface area contributed by atoms with Crippen molar-refractivity contribution in [1.82, 2.24) is 5.32 Å². The summed E-state index contributed by atoms with van der Waals surface area (Å²) in [6.45, 7) is 8.34. The van der Waals surface area contributed by atoms with Crippen molar-refractivity contribution in [3.8, 4) is 11.5 Å². The molecule has 1 atom stereocenters. The van der Waals surface area contributed by atoms with E-state index in [1.54, 1.807) is 12.1 Å². The Bertz CT molecular complexity index is 803. The number of amides is 2. The van der Waals surface area contributed by atoms with Gasteiger partial charge in [-0.2, -0.15) is 0 Å². The standard InChI is InChI=1S/C22H28N2O4/c1-5-27-20-12-9-18(14-21(20)28-6-2)15(3)23-22(26)13-17-7-10-19(11-8-17)24-16(4)25/h7-12,14-15H,5-6,13H2,1-4H3,(H,23,26)(H,24,25)/t15-/m1/s1. The maximum absolute atomic E-state index is 12.4. The maximum atomic E-state index is 12.4. The van der Waals surface area contributed by atoms with Crippen LogP contribution < -0.4 is 20.1 Å². The van der Waals surface area contributed by atoms with Gasteiger partial charge in [-0.15, -0.1) is 0 Å². The van der Waals surface area contributed by atoms with Gasteiger partial charge in [-0.25, -0.2) is 0 Å². The third-order valence-electron chi connectivity index (χ3n) is 4.08. The van der Waals surface area contributed by atoms with Crippen molar-refractivity contribution >= 4 is 17.5 Å². The minimum atomic E-state index is -0.166. The predicted molar refractivity (Wildman–Crippen MR) is 110 cm³/mol. The summed E-state index contributed by atoms with van der Waals surface area (Å²) in [6.07, 6.45) is 0.264. The number of nitrogens with one attached hydrogen (secondary N) is 2. The van der Waals surface area contributed by atoms with Gasteiger partial charge in [-0.3, -0.25) is 9.59 Å². The van der Waals surface area contributed by atoms with Crippen molar-refractivity contribution in [3.63, 3.8) is 0 Å². The molecule has 0 fully saturated rings. The van der Waals surface area contributed by atoms with E-state index in [0.717, 1.165) is 11.1 Å². The first kappa shape index (κ1) is 21.3. The molecule has 0 aliphatic heterocycles. The van der Waals surface area contributed by atoms with Crippen molar-refractivity contribution in [1.29, 1.82) is 0 Å². The van der Waals surface area contributed by atoms with Crippen molar-refractivity contribution in [2.45, 2.75) is 40.2 Å². The number of rotatable bonds is 9. The molecule has 2 N–H and O–H groups in total. The van der Waals surface area contributed by atoms with Crippen LogP contribution in [0.2, 0.25) is 0 Å². The molecule has 6 nitrogen and oxygen atoms in total. The molecule has 2 amide bonds. The Kier molecular flexibility index (Phi) is 7.87. The lowest BCUT2D eigenvalue weighted by Gasteiger charge is -2.17. The van der Waals surface area contributed by atoms with Gasteiger partial charge in [0.15, 0.2) is 11.5 Å². The number of anilines is 1. The molecule has 0 unspecified atom stereocenters. The van der Waals surface area contributed by atoms with Crippen LogP contribution in [-0.4, -0.2) is 25.0 Å². The monoisotopic (exact) mass is 384 g/mol. The summed E-state index contributed by atoms with van der Waals surface area (Å²) < 4.78 is 11.2. The predicted octanol–water partition coefficient (Wildman–Crippen LogP) is 3.86. The Hall–Kier alpha value is -3.02. The lowest BCUT2D eigenvalue weighted by molar-refractivity contribution is -0.121. The fourth-order valence-corrected chi connectivity index (χ4v) is 2.81. The smallest absolute Gasteiger partial charge is 0.224 e. The number of hydrogen-bond acceptors (Lipinski definition) is 4. The zero-order chi connectivity index (χ0) is 20.5. The second-order valence-corrected chi connectivity index (χ2v) is 6.42. The molecular formula is C22H28N2O4. The molecule has 0 saturated heterocycles. The molecule has 2 aromatic carbocycles. The molecule has 0 aliphatic rings. The first-order valence-corrected chi connectivity index (χ1v) is 9.48. The molecular weight excluding hydrogens is 356 g/mol. The Morgan fingerprint density at radius 3 is 2.21 bits per heavy atom. The van der Waals surface area contributed by atoms with Crippen LogP contribution in [0.3, 0.4) is 0 Å². The van der Waals surface area contributed by atoms with Gasteiger partial charge in [0.1, 0.15) is 0 Å². The SMILES string of the molecule is CCOc1ccc([C@@H](C)NC(=O)Cc2ccc(NC(C)=O)cc2)cc1OCC. The van der Waals surface area contributed by atoms with Crippen LogP contribution in [-0.2, 0) is 16.0 Å². The summed E-state index contributed by atoms with van der Waals surface area (Å²) >= 11 is 0. The van der Waals surface area contributed by atoms with E-state index in [1.807, 2.05) is 51.1 Å². The van der Waals surface area contributed by atoms with Crippen LogP contribution in [0, 0.1) is 0 Å². The topological polar surface area (TPSA) is 76.7 Å². The van der Waals surface area contributed by atoms with Crippen molar-refractivity contribution < 1.29 is 19.1 Å². The summed E-state index contributed by atoms with van der Waals surface area (Å²) in [5, 5.41) is 5.71. The highest BCUT2D eigenvalue weighted by Gasteiger charge is 2.14. The van der Waals surface area contributed by atoms with Gasteiger partial charge >= 0.3 is 0 Å². The van der Waals surface area contributed by atoms with Crippen LogP contribution in [0.5, 0.6) is 11.5 Å². The van der Waals surface area contributed by atoms with Crippen LogP contribution in [0.4, 0.5) is 5.69 Å². The third kappa shape index (κ3) is 6.30. The Balaban J connectivity index is 1.99. The molecule has 0 aromatic heterocycles. The van der Waals surface area contributed by atoms with Gasteiger partial charge in [0, 0.05) is 12.6 Å². The molecule has 2 rings (SSSR count). The quantitative estimate of drug-likeness (QED) is 0.688. The van der Waals surface area contributed by atoms with Crippen molar-refractivity contribution in [2.75, 3.05) is 18.5 Å². The summed E-state index contributed by atoms with van der Waals surface area (Å²) in [5.74, 6) is 1.18. The molecule has 0 spiro atoms. The van der Waals surface area contributed by atoms with E-state index in [9.17, 15) is 9.59 Å². The van der Waals surface area contributed by atoms with Crippen LogP contribution >= 0.6 is 0 Å². The second kappa shape index (κ2) is 10.3. The van der Waals surface area contributed by atoms with E-state index < -0.39 is 0 Å². The molecule has 2 aromatic rings. The van der Waals surface area contributed by atoms with Gasteiger partial charge in [0.05, 0.1) is 25.7 Å². The van der Waals surface area contributed by atoms with E-state index in [1.165, 1.54) is 6.92 Å². The van der Waals surface area contributed by atoms with Crippen LogP contribution in [0.15, 0.2) is 42.5 Å². The maximum Gasteiger partial charge on any atom is 0.224 e. The Morgan fingerprint density at radius 2 is 1.61 bits per heavy atom. The van der Waals surface area contributed by atoms with Gasteiger partial charge in [-0.1, -0.05) is 18.2 Å². The molecule has 0 bridgehead atoms. The Labute approximate surface area is 166 Å². The van der Waals surface area contributed by atoms with Crippen molar-refractivity contribution in [3.05, 3.63) is 53.6 Å². The van der Waals surface area contributed by atoms with Gasteiger partial charge in [0.25, 0.3) is 0 Å². The molecule has 0 saturated carbocycles. The van der Waals surface area contributed by atoms with Gasteiger partial charge in [0.2, 0.25) is 11.8 Å². The summed E-state index contributed by atoms with van der Waals surface area (Å²) in [6, 6.07) is 12.8. The van der Waals surface area contributed by atoms with E-state index in [0.29, 0.717) is 30.4 Å². The zero-order valence-electron chi connectivity index (χ0n) is 16.9. The van der Waals surface area contributed by atoms with Crippen LogP contribution in [0.25, 0.3) is 0 Å². The lowest BCUT2D eigenvalue weighted by Crippen LogP contribution is -2.28. The molecule has 0 aliphatic carbocycles. The van der Waals surface area contributed by atoms with E-state index in [4.69, 9.17) is 9.47 Å². The number of ether oxygens (including phenoxy) is 2. The zero-order valence-corrected chi connectivity index (χ0v) is 16.9. The number of hydrogen-bond donors (Lipinski definition) is 2. The van der Waals surface area contributed by atoms with Crippen molar-refractivity contribution in [2.24, 2.45) is 0 Å². The highest BCUT2D eigenvalue weighted by atomic mass is 16.5. The molecule has 28 heavy (non-hydrogen) atoms. The largest absolute Gasteiger partial charge is 0.490 e. The number of carbonyl (C=O) groups excluding carboxylic acids is 2. The third-order valence-corrected chi connectivity index (χ3v) is 4.08. The molecule has 6 heteroatoms. The Morgan fingerprint density at radius 1 is 0.964 bits per heavy atom. The first-order chi connectivity index (χ1) is 13.4. The van der Waals surface area contributed by atoms with E-state index >= 15 is 0 Å². The minimum Gasteiger partial charge on any atom is -0.490 e. The second-order valence-electron chi connectivity index (χ2n) is 6.42. The minimum absolute atomic E-state index is 0.0772. The highest BCUT2D eigenvalue weighted by molar-refractivity contribution is 5.88. The van der Waals surface area contributed by atoms with Gasteiger partial charge < -0.3 is 20.1 Å². The average Bonchev–Trinajstić information content (AvgIpc) is 2.64. The van der Waals surface area contributed by atoms with Gasteiger partial charge in [-0.05, 0) is 56.2 Å². The fourth-order valence-electron chi connectivity index (χ4n) is 2.81. The molecule has 0 heterocycles. The van der Waals surface area contributed by atoms with Crippen LogP contribution in [0.1, 0.15) is 44.9 Å². The number of carbonyl (C=O) groups is 2. The summed E-state index contributed by atoms with van der Waals surface area (Å²) in [5.41, 5.74) is 2.53. The average molecular weight is 384 g/mol.